The second-order valence-electron chi connectivity index (χ2n) is 5.49. The van der Waals surface area contributed by atoms with Crippen molar-refractivity contribution < 1.29 is 9.26 Å². The molecule has 25 heavy (non-hydrogen) atoms. The first-order valence-corrected chi connectivity index (χ1v) is 8.58. The summed E-state index contributed by atoms with van der Waals surface area (Å²) in [6.45, 7) is 6.82. The van der Waals surface area contributed by atoms with Crippen LogP contribution in [0.15, 0.2) is 33.8 Å². The summed E-state index contributed by atoms with van der Waals surface area (Å²) in [7, 11) is 1.70. The molecule has 0 aliphatic carbocycles. The van der Waals surface area contributed by atoms with Crippen LogP contribution in [0.5, 0.6) is 0 Å². The SMILES string of the molecule is CCOC(C)c1noc(CNC(=NC)NC(C)c2cccc(Cl)c2)n1. The molecule has 2 aromatic rings. The standard InChI is InChI=1S/C17H24ClN5O2/c1-5-24-12(3)16-22-15(25-23-16)10-20-17(19-4)21-11(2)13-7-6-8-14(18)9-13/h6-9,11-12H,5,10H2,1-4H3,(H2,19,20,21). The molecule has 0 radical (unpaired) electrons. The molecule has 1 heterocycles. The van der Waals surface area contributed by atoms with Gasteiger partial charge in [0.05, 0.1) is 12.6 Å². The van der Waals surface area contributed by atoms with E-state index in [1.807, 2.05) is 45.0 Å². The zero-order chi connectivity index (χ0) is 18.2. The van der Waals surface area contributed by atoms with Crippen LogP contribution in [0.3, 0.4) is 0 Å². The van der Waals surface area contributed by atoms with Crippen LogP contribution in [0.25, 0.3) is 0 Å². The minimum atomic E-state index is -0.192. The van der Waals surface area contributed by atoms with Gasteiger partial charge in [0.25, 0.3) is 0 Å². The summed E-state index contributed by atoms with van der Waals surface area (Å²) in [5.41, 5.74) is 1.07. The van der Waals surface area contributed by atoms with Crippen molar-refractivity contribution >= 4 is 17.6 Å². The van der Waals surface area contributed by atoms with Crippen LogP contribution in [-0.2, 0) is 11.3 Å². The van der Waals surface area contributed by atoms with Crippen molar-refractivity contribution in [3.8, 4) is 0 Å². The van der Waals surface area contributed by atoms with Gasteiger partial charge >= 0.3 is 0 Å². The molecule has 0 bridgehead atoms. The summed E-state index contributed by atoms with van der Waals surface area (Å²) in [6.07, 6.45) is -0.192. The number of hydrogen-bond acceptors (Lipinski definition) is 5. The van der Waals surface area contributed by atoms with E-state index in [-0.39, 0.29) is 12.1 Å². The monoisotopic (exact) mass is 365 g/mol. The van der Waals surface area contributed by atoms with Crippen LogP contribution < -0.4 is 10.6 Å². The van der Waals surface area contributed by atoms with E-state index < -0.39 is 0 Å². The van der Waals surface area contributed by atoms with Gasteiger partial charge in [-0.05, 0) is 38.5 Å². The number of halogens is 1. The predicted octanol–water partition coefficient (Wildman–Crippen LogP) is 3.25. The van der Waals surface area contributed by atoms with Gasteiger partial charge in [-0.2, -0.15) is 4.98 Å². The number of guanidine groups is 1. The molecule has 0 fully saturated rings. The van der Waals surface area contributed by atoms with Gasteiger partial charge < -0.3 is 19.9 Å². The van der Waals surface area contributed by atoms with Crippen LogP contribution in [0.4, 0.5) is 0 Å². The lowest BCUT2D eigenvalue weighted by atomic mass is 10.1. The third-order valence-corrected chi connectivity index (χ3v) is 3.83. The molecule has 2 N–H and O–H groups in total. The van der Waals surface area contributed by atoms with E-state index in [4.69, 9.17) is 20.9 Å². The van der Waals surface area contributed by atoms with Gasteiger partial charge in [-0.25, -0.2) is 0 Å². The zero-order valence-electron chi connectivity index (χ0n) is 14.9. The lowest BCUT2D eigenvalue weighted by Crippen LogP contribution is -2.38. The molecule has 2 atom stereocenters. The Morgan fingerprint density at radius 2 is 2.20 bits per heavy atom. The Kier molecular flexibility index (Phi) is 7.21. The molecule has 0 saturated heterocycles. The molecule has 8 heteroatoms. The van der Waals surface area contributed by atoms with Crippen molar-refractivity contribution in [2.24, 2.45) is 4.99 Å². The Morgan fingerprint density at radius 3 is 2.88 bits per heavy atom. The predicted molar refractivity (Wildman–Crippen MR) is 97.5 cm³/mol. The number of rotatable bonds is 7. The van der Waals surface area contributed by atoms with E-state index in [9.17, 15) is 0 Å². The summed E-state index contributed by atoms with van der Waals surface area (Å²) in [6, 6.07) is 7.75. The maximum atomic E-state index is 6.04. The fraction of sp³-hybridized carbons (Fsp3) is 0.471. The molecular formula is C17H24ClN5O2. The first kappa shape index (κ1) is 19.2. The second-order valence-corrected chi connectivity index (χ2v) is 5.93. The summed E-state index contributed by atoms with van der Waals surface area (Å²) in [5.74, 6) is 1.64. The molecule has 2 rings (SSSR count). The van der Waals surface area contributed by atoms with Gasteiger partial charge in [-0.15, -0.1) is 0 Å². The number of nitrogens with zero attached hydrogens (tertiary/aromatic N) is 3. The Balaban J connectivity index is 1.90. The van der Waals surface area contributed by atoms with Crippen LogP contribution in [-0.4, -0.2) is 29.8 Å². The fourth-order valence-corrected chi connectivity index (χ4v) is 2.45. The Bertz CT molecular complexity index is 704. The molecule has 136 valence electrons. The molecule has 2 unspecified atom stereocenters. The van der Waals surface area contributed by atoms with Crippen LogP contribution >= 0.6 is 11.6 Å². The van der Waals surface area contributed by atoms with Gasteiger partial charge in [-0.3, -0.25) is 4.99 Å². The van der Waals surface area contributed by atoms with Crippen molar-refractivity contribution in [1.82, 2.24) is 20.8 Å². The second kappa shape index (κ2) is 9.39. The topological polar surface area (TPSA) is 84.6 Å². The molecule has 0 saturated carbocycles. The first-order valence-electron chi connectivity index (χ1n) is 8.20. The smallest absolute Gasteiger partial charge is 0.246 e. The maximum Gasteiger partial charge on any atom is 0.246 e. The van der Waals surface area contributed by atoms with Crippen molar-refractivity contribution in [1.29, 1.82) is 0 Å². The maximum absolute atomic E-state index is 6.04. The highest BCUT2D eigenvalue weighted by molar-refractivity contribution is 6.30. The number of hydrogen-bond donors (Lipinski definition) is 2. The lowest BCUT2D eigenvalue weighted by molar-refractivity contribution is 0.0683. The molecule has 0 spiro atoms. The normalized spacial score (nSPS) is 14.2. The Morgan fingerprint density at radius 1 is 1.40 bits per heavy atom. The number of benzene rings is 1. The van der Waals surface area contributed by atoms with Gasteiger partial charge in [0.15, 0.2) is 11.8 Å². The molecular weight excluding hydrogens is 342 g/mol. The molecule has 0 aliphatic rings. The average molecular weight is 366 g/mol. The van der Waals surface area contributed by atoms with E-state index in [2.05, 4.69) is 25.8 Å². The molecule has 0 amide bonds. The zero-order valence-corrected chi connectivity index (χ0v) is 15.7. The van der Waals surface area contributed by atoms with E-state index in [1.165, 1.54) is 0 Å². The number of aliphatic imine (C=N–C) groups is 1. The van der Waals surface area contributed by atoms with Crippen LogP contribution in [0.1, 0.15) is 50.2 Å². The van der Waals surface area contributed by atoms with Gasteiger partial charge in [-0.1, -0.05) is 28.9 Å². The third kappa shape index (κ3) is 5.72. The molecule has 1 aromatic heterocycles. The van der Waals surface area contributed by atoms with Crippen molar-refractivity contribution in [2.75, 3.05) is 13.7 Å². The van der Waals surface area contributed by atoms with Gasteiger partial charge in [0.2, 0.25) is 5.89 Å². The molecule has 1 aromatic carbocycles. The lowest BCUT2D eigenvalue weighted by Gasteiger charge is -2.17. The van der Waals surface area contributed by atoms with E-state index in [0.717, 1.165) is 5.56 Å². The van der Waals surface area contributed by atoms with E-state index >= 15 is 0 Å². The summed E-state index contributed by atoms with van der Waals surface area (Å²) in [4.78, 5) is 8.53. The molecule has 7 nitrogen and oxygen atoms in total. The highest BCUT2D eigenvalue weighted by Crippen LogP contribution is 2.17. The highest BCUT2D eigenvalue weighted by atomic mass is 35.5. The summed E-state index contributed by atoms with van der Waals surface area (Å²) < 4.78 is 10.7. The largest absolute Gasteiger partial charge is 0.371 e. The quantitative estimate of drug-likeness (QED) is 0.578. The Labute approximate surface area is 152 Å². The van der Waals surface area contributed by atoms with Crippen molar-refractivity contribution in [3.63, 3.8) is 0 Å². The van der Waals surface area contributed by atoms with Crippen LogP contribution in [0, 0.1) is 0 Å². The first-order chi connectivity index (χ1) is 12.0. The number of aromatic nitrogens is 2. The fourth-order valence-electron chi connectivity index (χ4n) is 2.25. The van der Waals surface area contributed by atoms with Crippen molar-refractivity contribution in [3.05, 3.63) is 46.6 Å². The van der Waals surface area contributed by atoms with Crippen molar-refractivity contribution in [2.45, 2.75) is 39.5 Å². The summed E-state index contributed by atoms with van der Waals surface area (Å²) in [5, 5.41) is 11.1. The number of ether oxygens (including phenoxy) is 1. The third-order valence-electron chi connectivity index (χ3n) is 3.60. The molecule has 0 aliphatic heterocycles. The van der Waals surface area contributed by atoms with Crippen LogP contribution in [0.2, 0.25) is 5.02 Å². The minimum Gasteiger partial charge on any atom is -0.371 e. The van der Waals surface area contributed by atoms with E-state index in [0.29, 0.717) is 35.8 Å². The van der Waals surface area contributed by atoms with Gasteiger partial charge in [0.1, 0.15) is 6.10 Å². The highest BCUT2D eigenvalue weighted by Gasteiger charge is 2.14. The number of nitrogens with one attached hydrogen (secondary N) is 2. The van der Waals surface area contributed by atoms with E-state index in [1.54, 1.807) is 7.05 Å². The average Bonchev–Trinajstić information content (AvgIpc) is 3.07. The minimum absolute atomic E-state index is 0.0427. The summed E-state index contributed by atoms with van der Waals surface area (Å²) >= 11 is 6.04. The van der Waals surface area contributed by atoms with Gasteiger partial charge in [0, 0.05) is 18.7 Å². The Hall–Kier alpha value is -2.12.